The van der Waals surface area contributed by atoms with Crippen LogP contribution in [0.3, 0.4) is 0 Å². The van der Waals surface area contributed by atoms with Gasteiger partial charge in [-0.25, -0.2) is 0 Å². The summed E-state index contributed by atoms with van der Waals surface area (Å²) in [7, 11) is 0. The molecule has 1 aromatic carbocycles. The van der Waals surface area contributed by atoms with E-state index in [4.69, 9.17) is 0 Å². The van der Waals surface area contributed by atoms with Crippen LogP contribution in [0.1, 0.15) is 125 Å². The van der Waals surface area contributed by atoms with Crippen molar-refractivity contribution in [2.24, 2.45) is 47.3 Å². The Morgan fingerprint density at radius 3 is 2.33 bits per heavy atom. The van der Waals surface area contributed by atoms with Crippen molar-refractivity contribution in [3.05, 3.63) is 57.7 Å². The zero-order valence-electron chi connectivity index (χ0n) is 26.6. The molecule has 0 N–H and O–H groups in total. The van der Waals surface area contributed by atoms with Crippen LogP contribution in [0.25, 0.3) is 0 Å². The van der Waals surface area contributed by atoms with Gasteiger partial charge in [0.15, 0.2) is 5.78 Å². The first-order valence-electron chi connectivity index (χ1n) is 17.3. The van der Waals surface area contributed by atoms with Gasteiger partial charge in [-0.05, 0) is 142 Å². The fourth-order valence-electron chi connectivity index (χ4n) is 10.6. The highest BCUT2D eigenvalue weighted by atomic mass is 16.1. The van der Waals surface area contributed by atoms with E-state index in [1.165, 1.54) is 61.3 Å². The van der Waals surface area contributed by atoms with Crippen LogP contribution in [0.4, 0.5) is 0 Å². The van der Waals surface area contributed by atoms with Crippen LogP contribution in [-0.4, -0.2) is 17.3 Å². The van der Waals surface area contributed by atoms with Gasteiger partial charge in [0.2, 0.25) is 0 Å². The van der Waals surface area contributed by atoms with Crippen molar-refractivity contribution in [1.29, 1.82) is 0 Å². The Balaban J connectivity index is 1.13. The van der Waals surface area contributed by atoms with Crippen LogP contribution < -0.4 is 0 Å². The Morgan fingerprint density at radius 2 is 1.69 bits per heavy atom. The number of carbonyl (C=O) groups excluding carboxylic acids is 3. The molecule has 226 valence electrons. The second-order valence-corrected chi connectivity index (χ2v) is 15.1. The lowest BCUT2D eigenvalue weighted by atomic mass is 9.50. The summed E-state index contributed by atoms with van der Waals surface area (Å²) in [4.78, 5) is 38.2. The topological polar surface area (TPSA) is 51.2 Å². The molecule has 0 amide bonds. The average Bonchev–Trinajstić information content (AvgIpc) is 3.37. The van der Waals surface area contributed by atoms with Gasteiger partial charge in [-0.3, -0.25) is 14.4 Å². The molecule has 4 saturated carbocycles. The van der Waals surface area contributed by atoms with Gasteiger partial charge < -0.3 is 0 Å². The number of benzene rings is 1. The van der Waals surface area contributed by atoms with Crippen molar-refractivity contribution in [1.82, 2.24) is 0 Å². The van der Waals surface area contributed by atoms with Crippen LogP contribution in [0.2, 0.25) is 0 Å². The minimum atomic E-state index is -0.0773. The van der Waals surface area contributed by atoms with Gasteiger partial charge in [0.1, 0.15) is 11.6 Å². The molecule has 42 heavy (non-hydrogen) atoms. The summed E-state index contributed by atoms with van der Waals surface area (Å²) < 4.78 is 0. The SMILES string of the molecule is CCCC(CC1CC(=O)c2c(ccc(CC3=CC(C4C5CC6CC(C5)CC4C6)=CC3)c2C)C1)C(CC)C(=O)CC(C)=O. The van der Waals surface area contributed by atoms with Crippen molar-refractivity contribution in [3.63, 3.8) is 0 Å². The van der Waals surface area contributed by atoms with E-state index < -0.39 is 0 Å². The molecule has 0 radical (unpaired) electrons. The van der Waals surface area contributed by atoms with E-state index in [2.05, 4.69) is 45.1 Å². The van der Waals surface area contributed by atoms with E-state index in [0.29, 0.717) is 6.42 Å². The zero-order valence-corrected chi connectivity index (χ0v) is 26.6. The maximum absolute atomic E-state index is 13.6. The van der Waals surface area contributed by atoms with E-state index in [1.54, 1.807) is 5.57 Å². The number of ketones is 3. The first-order valence-corrected chi connectivity index (χ1v) is 17.3. The van der Waals surface area contributed by atoms with Crippen LogP contribution in [0.15, 0.2) is 35.4 Å². The highest BCUT2D eigenvalue weighted by molar-refractivity contribution is 6.00. The highest BCUT2D eigenvalue weighted by Gasteiger charge is 2.49. The summed E-state index contributed by atoms with van der Waals surface area (Å²) >= 11 is 0. The highest BCUT2D eigenvalue weighted by Crippen LogP contribution is 2.59. The van der Waals surface area contributed by atoms with Crippen LogP contribution in [0, 0.1) is 54.3 Å². The number of hydrogen-bond acceptors (Lipinski definition) is 3. The molecule has 6 aliphatic carbocycles. The first kappa shape index (κ1) is 29.8. The third kappa shape index (κ3) is 5.91. The number of rotatable bonds is 12. The van der Waals surface area contributed by atoms with E-state index in [0.717, 1.165) is 80.1 Å². The number of allylic oxidation sites excluding steroid dienone is 4. The number of Topliss-reactive ketones (excluding diaryl/α,β-unsaturated/α-hetero) is 3. The predicted molar refractivity (Wildman–Crippen MR) is 169 cm³/mol. The molecule has 6 aliphatic rings. The molecule has 0 aromatic heterocycles. The van der Waals surface area contributed by atoms with Crippen molar-refractivity contribution in [3.8, 4) is 0 Å². The molecule has 0 aliphatic heterocycles. The lowest BCUT2D eigenvalue weighted by Crippen LogP contribution is -2.45. The Bertz CT molecular complexity index is 1270. The van der Waals surface area contributed by atoms with Crippen molar-refractivity contribution < 1.29 is 14.4 Å². The number of hydrogen-bond donors (Lipinski definition) is 0. The second-order valence-electron chi connectivity index (χ2n) is 15.1. The molecule has 1 aromatic rings. The number of fused-ring (bicyclic) bond motifs is 1. The fraction of sp³-hybridized carbons (Fsp3) is 0.667. The van der Waals surface area contributed by atoms with Crippen LogP contribution in [0.5, 0.6) is 0 Å². The maximum Gasteiger partial charge on any atom is 0.163 e. The summed E-state index contributed by atoms with van der Waals surface area (Å²) in [5.41, 5.74) is 7.84. The van der Waals surface area contributed by atoms with Gasteiger partial charge in [-0.15, -0.1) is 0 Å². The van der Waals surface area contributed by atoms with Gasteiger partial charge in [0.05, 0.1) is 6.42 Å². The lowest BCUT2D eigenvalue weighted by Gasteiger charge is -2.54. The molecule has 0 spiro atoms. The minimum Gasteiger partial charge on any atom is -0.300 e. The molecule has 7 rings (SSSR count). The number of carbonyl (C=O) groups is 3. The molecule has 3 unspecified atom stereocenters. The first-order chi connectivity index (χ1) is 20.2. The second kappa shape index (κ2) is 12.4. The van der Waals surface area contributed by atoms with Gasteiger partial charge in [-0.2, -0.15) is 0 Å². The Labute approximate surface area is 254 Å². The fourth-order valence-corrected chi connectivity index (χ4v) is 10.6. The van der Waals surface area contributed by atoms with Gasteiger partial charge in [0, 0.05) is 17.9 Å². The van der Waals surface area contributed by atoms with Crippen LogP contribution >= 0.6 is 0 Å². The summed E-state index contributed by atoms with van der Waals surface area (Å²) in [5.74, 6) is 5.47. The molecular formula is C39H52O3. The predicted octanol–water partition coefficient (Wildman–Crippen LogP) is 8.99. The summed E-state index contributed by atoms with van der Waals surface area (Å²) in [6.45, 7) is 7.91. The van der Waals surface area contributed by atoms with E-state index in [-0.39, 0.29) is 41.5 Å². The zero-order chi connectivity index (χ0) is 29.5. The van der Waals surface area contributed by atoms with Crippen molar-refractivity contribution >= 4 is 17.3 Å². The third-order valence-corrected chi connectivity index (χ3v) is 12.1. The average molecular weight is 569 g/mol. The Kier molecular flexibility index (Phi) is 8.77. The van der Waals surface area contributed by atoms with E-state index >= 15 is 0 Å². The Hall–Kier alpha value is -2.29. The third-order valence-electron chi connectivity index (χ3n) is 12.1. The van der Waals surface area contributed by atoms with Gasteiger partial charge in [0.25, 0.3) is 0 Å². The minimum absolute atomic E-state index is 0.0450. The largest absolute Gasteiger partial charge is 0.300 e. The van der Waals surface area contributed by atoms with E-state index in [1.807, 2.05) is 0 Å². The van der Waals surface area contributed by atoms with E-state index in [9.17, 15) is 14.4 Å². The lowest BCUT2D eigenvalue weighted by molar-refractivity contribution is -0.129. The molecule has 4 fully saturated rings. The van der Waals surface area contributed by atoms with Crippen molar-refractivity contribution in [2.75, 3.05) is 0 Å². The summed E-state index contributed by atoms with van der Waals surface area (Å²) in [5, 5.41) is 0. The van der Waals surface area contributed by atoms with Crippen LogP contribution in [-0.2, 0) is 22.4 Å². The molecular weight excluding hydrogens is 516 g/mol. The monoisotopic (exact) mass is 568 g/mol. The molecule has 0 saturated heterocycles. The van der Waals surface area contributed by atoms with Gasteiger partial charge in [-0.1, -0.05) is 56.5 Å². The molecule has 4 bridgehead atoms. The van der Waals surface area contributed by atoms with Gasteiger partial charge >= 0.3 is 0 Å². The normalized spacial score (nSPS) is 31.0. The maximum atomic E-state index is 13.6. The van der Waals surface area contributed by atoms with Crippen molar-refractivity contribution in [2.45, 2.75) is 118 Å². The Morgan fingerprint density at radius 1 is 0.976 bits per heavy atom. The smallest absolute Gasteiger partial charge is 0.163 e. The molecule has 3 atom stereocenters. The summed E-state index contributed by atoms with van der Waals surface area (Å²) in [6, 6.07) is 4.52. The molecule has 0 heterocycles. The molecule has 3 nitrogen and oxygen atoms in total. The molecule has 3 heteroatoms. The summed E-state index contributed by atoms with van der Waals surface area (Å²) in [6.07, 6.45) is 19.7. The quantitative estimate of drug-likeness (QED) is 0.236. The standard InChI is InChI=1S/C39H52O3/c1-5-7-30(35(6-2)36(41)12-23(3)40)16-28-17-31-11-10-29(24(4)38(31)37(42)22-28)14-25-8-9-32(15-25)39-33-18-26-13-27(20-33)21-34(39)19-26/h9-11,15,26-28,30,33-35,39H,5-8,12-14,16-22H2,1-4H3.